The van der Waals surface area contributed by atoms with E-state index >= 15 is 0 Å². The Morgan fingerprint density at radius 3 is 2.64 bits per heavy atom. The summed E-state index contributed by atoms with van der Waals surface area (Å²) in [6.45, 7) is 8.20. The van der Waals surface area contributed by atoms with Gasteiger partial charge >= 0.3 is 0 Å². The van der Waals surface area contributed by atoms with Gasteiger partial charge in [0.15, 0.2) is 5.82 Å². The Labute approximate surface area is 145 Å². The molecule has 0 radical (unpaired) electrons. The third-order valence-electron chi connectivity index (χ3n) is 4.34. The second-order valence-corrected chi connectivity index (χ2v) is 5.94. The van der Waals surface area contributed by atoms with Crippen LogP contribution in [0.25, 0.3) is 5.65 Å². The summed E-state index contributed by atoms with van der Waals surface area (Å²) in [4.78, 5) is 18.0. The number of aryl methyl sites for hydroxylation is 1. The van der Waals surface area contributed by atoms with Crippen LogP contribution in [0.1, 0.15) is 12.7 Å². The van der Waals surface area contributed by atoms with Gasteiger partial charge in [0.1, 0.15) is 11.6 Å². The molecule has 1 saturated heterocycles. The number of nitrogens with one attached hydrogen (secondary N) is 1. The van der Waals surface area contributed by atoms with Gasteiger partial charge in [-0.25, -0.2) is 9.97 Å². The van der Waals surface area contributed by atoms with Gasteiger partial charge in [0, 0.05) is 51.3 Å². The van der Waals surface area contributed by atoms with Gasteiger partial charge in [-0.3, -0.25) is 4.40 Å². The zero-order valence-corrected chi connectivity index (χ0v) is 14.4. The molecule has 1 aliphatic heterocycles. The molecule has 0 spiro atoms. The Balaban J connectivity index is 1.50. The SMILES string of the molecule is CCNc1ccnc(N2CCN(c3nccn4c(C)nnc34)CC2)n1. The highest BCUT2D eigenvalue weighted by atomic mass is 15.4. The van der Waals surface area contributed by atoms with Crippen LogP contribution in [0.3, 0.4) is 0 Å². The topological polar surface area (TPSA) is 87.4 Å². The molecule has 3 aromatic rings. The van der Waals surface area contributed by atoms with E-state index in [1.807, 2.05) is 23.6 Å². The number of aromatic nitrogens is 6. The maximum Gasteiger partial charge on any atom is 0.227 e. The van der Waals surface area contributed by atoms with Crippen molar-refractivity contribution in [1.82, 2.24) is 29.5 Å². The van der Waals surface area contributed by atoms with E-state index in [0.717, 1.165) is 61.8 Å². The van der Waals surface area contributed by atoms with Gasteiger partial charge in [-0.15, -0.1) is 10.2 Å². The lowest BCUT2D eigenvalue weighted by molar-refractivity contribution is 0.635. The van der Waals surface area contributed by atoms with Crippen molar-refractivity contribution < 1.29 is 0 Å². The van der Waals surface area contributed by atoms with Crippen LogP contribution in [0.5, 0.6) is 0 Å². The van der Waals surface area contributed by atoms with Crippen molar-refractivity contribution in [3.8, 4) is 0 Å². The average molecular weight is 339 g/mol. The molecule has 0 atom stereocenters. The smallest absolute Gasteiger partial charge is 0.227 e. The Hall–Kier alpha value is -2.97. The van der Waals surface area contributed by atoms with Crippen molar-refractivity contribution in [1.29, 1.82) is 0 Å². The van der Waals surface area contributed by atoms with Crippen LogP contribution in [-0.4, -0.2) is 62.3 Å². The van der Waals surface area contributed by atoms with E-state index in [2.05, 4.69) is 47.2 Å². The van der Waals surface area contributed by atoms with E-state index in [-0.39, 0.29) is 0 Å². The minimum Gasteiger partial charge on any atom is -0.370 e. The van der Waals surface area contributed by atoms with Gasteiger partial charge in [0.25, 0.3) is 0 Å². The minimum atomic E-state index is 0.766. The molecular weight excluding hydrogens is 318 g/mol. The predicted molar refractivity (Wildman–Crippen MR) is 96.1 cm³/mol. The fraction of sp³-hybridized carbons (Fsp3) is 0.438. The molecule has 25 heavy (non-hydrogen) atoms. The molecule has 0 amide bonds. The number of fused-ring (bicyclic) bond motifs is 1. The average Bonchev–Trinajstić information content (AvgIpc) is 3.04. The Bertz CT molecular complexity index is 867. The van der Waals surface area contributed by atoms with Gasteiger partial charge in [0.2, 0.25) is 11.6 Å². The monoisotopic (exact) mass is 339 g/mol. The zero-order chi connectivity index (χ0) is 17.2. The van der Waals surface area contributed by atoms with Crippen LogP contribution in [0, 0.1) is 6.92 Å². The van der Waals surface area contributed by atoms with Gasteiger partial charge in [0.05, 0.1) is 0 Å². The van der Waals surface area contributed by atoms with Gasteiger partial charge in [-0.2, -0.15) is 4.98 Å². The van der Waals surface area contributed by atoms with Crippen molar-refractivity contribution in [2.24, 2.45) is 0 Å². The summed E-state index contributed by atoms with van der Waals surface area (Å²) in [6, 6.07) is 1.89. The molecule has 130 valence electrons. The van der Waals surface area contributed by atoms with Crippen LogP contribution < -0.4 is 15.1 Å². The number of hydrogen-bond acceptors (Lipinski definition) is 8. The molecule has 4 heterocycles. The summed E-state index contributed by atoms with van der Waals surface area (Å²) in [5, 5.41) is 11.6. The van der Waals surface area contributed by atoms with E-state index in [9.17, 15) is 0 Å². The standard InChI is InChI=1S/C16H21N9/c1-3-17-13-4-5-19-16(20-13)24-10-8-23(9-11-24)14-15-22-21-12(2)25(15)7-6-18-14/h4-7H,3,8-11H2,1-2H3,(H,17,19,20). The van der Waals surface area contributed by atoms with Crippen molar-refractivity contribution in [2.75, 3.05) is 47.8 Å². The largest absolute Gasteiger partial charge is 0.370 e. The molecule has 0 aliphatic carbocycles. The fourth-order valence-electron chi connectivity index (χ4n) is 3.05. The Morgan fingerprint density at radius 2 is 1.84 bits per heavy atom. The molecule has 0 bridgehead atoms. The maximum atomic E-state index is 4.58. The summed E-state index contributed by atoms with van der Waals surface area (Å²) < 4.78 is 1.97. The van der Waals surface area contributed by atoms with Crippen molar-refractivity contribution >= 4 is 23.2 Å². The van der Waals surface area contributed by atoms with Gasteiger partial charge in [-0.1, -0.05) is 0 Å². The van der Waals surface area contributed by atoms with E-state index in [0.29, 0.717) is 0 Å². The van der Waals surface area contributed by atoms with Crippen LogP contribution in [0.15, 0.2) is 24.7 Å². The third kappa shape index (κ3) is 2.92. The molecule has 1 fully saturated rings. The van der Waals surface area contributed by atoms with Crippen LogP contribution in [0.2, 0.25) is 0 Å². The van der Waals surface area contributed by atoms with E-state index < -0.39 is 0 Å². The summed E-state index contributed by atoms with van der Waals surface area (Å²) in [7, 11) is 0. The number of piperazine rings is 1. The second-order valence-electron chi connectivity index (χ2n) is 5.94. The lowest BCUT2D eigenvalue weighted by atomic mass is 10.3. The number of anilines is 3. The molecule has 3 aromatic heterocycles. The number of nitrogens with zero attached hydrogens (tertiary/aromatic N) is 8. The summed E-state index contributed by atoms with van der Waals surface area (Å²) in [6.07, 6.45) is 5.49. The van der Waals surface area contributed by atoms with Crippen molar-refractivity contribution in [2.45, 2.75) is 13.8 Å². The highest BCUT2D eigenvalue weighted by Gasteiger charge is 2.22. The quantitative estimate of drug-likeness (QED) is 0.753. The molecule has 9 nitrogen and oxygen atoms in total. The molecule has 9 heteroatoms. The first-order valence-electron chi connectivity index (χ1n) is 8.49. The normalized spacial score (nSPS) is 15.0. The highest BCUT2D eigenvalue weighted by molar-refractivity contribution is 5.64. The van der Waals surface area contributed by atoms with E-state index in [4.69, 9.17) is 0 Å². The molecule has 0 unspecified atom stereocenters. The first-order valence-corrected chi connectivity index (χ1v) is 8.49. The van der Waals surface area contributed by atoms with Crippen LogP contribution in [0.4, 0.5) is 17.6 Å². The van der Waals surface area contributed by atoms with E-state index in [1.165, 1.54) is 0 Å². The van der Waals surface area contributed by atoms with Gasteiger partial charge in [-0.05, 0) is 19.9 Å². The first kappa shape index (κ1) is 15.6. The predicted octanol–water partition coefficient (Wildman–Crippen LogP) is 0.981. The second kappa shape index (κ2) is 6.50. The minimum absolute atomic E-state index is 0.766. The Kier molecular flexibility index (Phi) is 4.04. The fourth-order valence-corrected chi connectivity index (χ4v) is 3.05. The molecular formula is C16H21N9. The molecule has 1 N–H and O–H groups in total. The number of rotatable bonds is 4. The summed E-state index contributed by atoms with van der Waals surface area (Å²) in [5.74, 6) is 3.37. The van der Waals surface area contributed by atoms with Crippen molar-refractivity contribution in [3.63, 3.8) is 0 Å². The van der Waals surface area contributed by atoms with Crippen LogP contribution >= 0.6 is 0 Å². The van der Waals surface area contributed by atoms with Crippen LogP contribution in [-0.2, 0) is 0 Å². The maximum absolute atomic E-state index is 4.58. The molecule has 4 rings (SSSR count). The Morgan fingerprint density at radius 1 is 1.04 bits per heavy atom. The van der Waals surface area contributed by atoms with Gasteiger partial charge < -0.3 is 15.1 Å². The zero-order valence-electron chi connectivity index (χ0n) is 14.4. The molecule has 0 saturated carbocycles. The number of hydrogen-bond donors (Lipinski definition) is 1. The first-order chi connectivity index (χ1) is 12.3. The lowest BCUT2D eigenvalue weighted by Gasteiger charge is -2.35. The lowest BCUT2D eigenvalue weighted by Crippen LogP contribution is -2.47. The molecule has 1 aliphatic rings. The third-order valence-corrected chi connectivity index (χ3v) is 4.34. The van der Waals surface area contributed by atoms with E-state index in [1.54, 1.807) is 12.4 Å². The summed E-state index contributed by atoms with van der Waals surface area (Å²) >= 11 is 0. The van der Waals surface area contributed by atoms with Crippen molar-refractivity contribution in [3.05, 3.63) is 30.5 Å². The highest BCUT2D eigenvalue weighted by Crippen LogP contribution is 2.20. The molecule has 0 aromatic carbocycles. The summed E-state index contributed by atoms with van der Waals surface area (Å²) in [5.41, 5.74) is 0.804.